The Morgan fingerprint density at radius 3 is 2.95 bits per heavy atom. The van der Waals surface area contributed by atoms with E-state index < -0.39 is 0 Å². The Hall–Kier alpha value is -2.33. The molecule has 3 aromatic rings. The minimum atomic E-state index is -0.0824. The molecular formula is C15H12ClN3O. The summed E-state index contributed by atoms with van der Waals surface area (Å²) in [4.78, 5) is 12.1. The third-order valence-corrected chi connectivity index (χ3v) is 3.25. The molecule has 20 heavy (non-hydrogen) atoms. The largest absolute Gasteiger partial charge is 0.325 e. The normalized spacial score (nSPS) is 10.7. The van der Waals surface area contributed by atoms with Crippen LogP contribution in [-0.2, 0) is 11.2 Å². The van der Waals surface area contributed by atoms with Gasteiger partial charge >= 0.3 is 0 Å². The van der Waals surface area contributed by atoms with Gasteiger partial charge in [-0.15, -0.1) is 0 Å². The van der Waals surface area contributed by atoms with E-state index in [1.807, 2.05) is 30.3 Å². The summed E-state index contributed by atoms with van der Waals surface area (Å²) in [6.45, 7) is 0. The van der Waals surface area contributed by atoms with E-state index in [1.54, 1.807) is 18.3 Å². The predicted octanol–water partition coefficient (Wildman–Crippen LogP) is 3.40. The molecule has 5 heteroatoms. The number of nitrogens with zero attached hydrogens (tertiary/aromatic N) is 1. The van der Waals surface area contributed by atoms with Gasteiger partial charge in [0.1, 0.15) is 0 Å². The zero-order chi connectivity index (χ0) is 13.9. The molecule has 0 fully saturated rings. The van der Waals surface area contributed by atoms with Gasteiger partial charge in [-0.25, -0.2) is 0 Å². The quantitative estimate of drug-likeness (QED) is 0.775. The van der Waals surface area contributed by atoms with Crippen molar-refractivity contribution in [2.24, 2.45) is 0 Å². The number of halogens is 1. The fraction of sp³-hybridized carbons (Fsp3) is 0.0667. The van der Waals surface area contributed by atoms with Crippen molar-refractivity contribution in [1.29, 1.82) is 0 Å². The lowest BCUT2D eigenvalue weighted by atomic mass is 10.1. The molecule has 100 valence electrons. The van der Waals surface area contributed by atoms with Crippen LogP contribution in [0.4, 0.5) is 5.69 Å². The van der Waals surface area contributed by atoms with Crippen LogP contribution in [0.3, 0.4) is 0 Å². The number of nitrogens with one attached hydrogen (secondary N) is 2. The zero-order valence-corrected chi connectivity index (χ0v) is 11.3. The average molecular weight is 286 g/mol. The van der Waals surface area contributed by atoms with Crippen molar-refractivity contribution < 1.29 is 4.79 Å². The maximum absolute atomic E-state index is 12.1. The Morgan fingerprint density at radius 2 is 2.10 bits per heavy atom. The molecule has 1 heterocycles. The minimum Gasteiger partial charge on any atom is -0.325 e. The van der Waals surface area contributed by atoms with E-state index in [4.69, 9.17) is 11.6 Å². The monoisotopic (exact) mass is 285 g/mol. The summed E-state index contributed by atoms with van der Waals surface area (Å²) in [5.74, 6) is -0.0824. The van der Waals surface area contributed by atoms with Crippen LogP contribution in [0, 0.1) is 0 Å². The summed E-state index contributed by atoms with van der Waals surface area (Å²) < 4.78 is 0. The lowest BCUT2D eigenvalue weighted by Crippen LogP contribution is -2.14. The molecule has 1 amide bonds. The van der Waals surface area contributed by atoms with Crippen LogP contribution in [0.5, 0.6) is 0 Å². The number of hydrogen-bond donors (Lipinski definition) is 2. The van der Waals surface area contributed by atoms with Gasteiger partial charge in [-0.2, -0.15) is 5.10 Å². The van der Waals surface area contributed by atoms with Crippen molar-refractivity contribution in [2.45, 2.75) is 6.42 Å². The lowest BCUT2D eigenvalue weighted by Gasteiger charge is -2.06. The molecule has 0 bridgehead atoms. The Labute approximate surface area is 120 Å². The number of fused-ring (bicyclic) bond motifs is 1. The number of aromatic amines is 1. The first-order valence-electron chi connectivity index (χ1n) is 6.19. The van der Waals surface area contributed by atoms with Gasteiger partial charge in [-0.3, -0.25) is 9.89 Å². The molecule has 1 aromatic heterocycles. The van der Waals surface area contributed by atoms with Gasteiger partial charge in [0.05, 0.1) is 23.8 Å². The van der Waals surface area contributed by atoms with Crippen molar-refractivity contribution in [3.8, 4) is 0 Å². The molecule has 0 saturated heterocycles. The number of benzene rings is 2. The SMILES string of the molecule is O=C(Cc1cccc(Cl)c1)Nc1cccc2[nH]ncc12. The second kappa shape index (κ2) is 5.35. The van der Waals surface area contributed by atoms with E-state index in [2.05, 4.69) is 15.5 Å². The highest BCUT2D eigenvalue weighted by Crippen LogP contribution is 2.21. The molecule has 0 saturated carbocycles. The second-order valence-electron chi connectivity index (χ2n) is 4.49. The first-order chi connectivity index (χ1) is 9.72. The summed E-state index contributed by atoms with van der Waals surface area (Å²) in [6.07, 6.45) is 1.99. The Balaban J connectivity index is 1.77. The molecule has 2 N–H and O–H groups in total. The van der Waals surface area contributed by atoms with Crippen LogP contribution in [0.15, 0.2) is 48.7 Å². The van der Waals surface area contributed by atoms with Crippen molar-refractivity contribution in [3.05, 3.63) is 59.2 Å². The molecule has 0 aliphatic rings. The molecule has 0 radical (unpaired) electrons. The van der Waals surface area contributed by atoms with Gasteiger partial charge in [0.25, 0.3) is 0 Å². The van der Waals surface area contributed by atoms with Crippen molar-refractivity contribution in [3.63, 3.8) is 0 Å². The van der Waals surface area contributed by atoms with Crippen LogP contribution < -0.4 is 5.32 Å². The van der Waals surface area contributed by atoms with E-state index in [9.17, 15) is 4.79 Å². The van der Waals surface area contributed by atoms with Gasteiger partial charge < -0.3 is 5.32 Å². The van der Waals surface area contributed by atoms with E-state index in [0.717, 1.165) is 22.2 Å². The van der Waals surface area contributed by atoms with Gasteiger partial charge in [-0.1, -0.05) is 29.8 Å². The van der Waals surface area contributed by atoms with E-state index in [1.165, 1.54) is 0 Å². The molecule has 4 nitrogen and oxygen atoms in total. The Morgan fingerprint density at radius 1 is 1.25 bits per heavy atom. The van der Waals surface area contributed by atoms with Crippen LogP contribution >= 0.6 is 11.6 Å². The number of rotatable bonds is 3. The van der Waals surface area contributed by atoms with Crippen LogP contribution in [-0.4, -0.2) is 16.1 Å². The highest BCUT2D eigenvalue weighted by atomic mass is 35.5. The molecule has 0 aliphatic carbocycles. The summed E-state index contributed by atoms with van der Waals surface area (Å²) >= 11 is 5.91. The van der Waals surface area contributed by atoms with Gasteiger partial charge in [0.15, 0.2) is 0 Å². The maximum atomic E-state index is 12.1. The molecular weight excluding hydrogens is 274 g/mol. The zero-order valence-electron chi connectivity index (χ0n) is 10.6. The van der Waals surface area contributed by atoms with Crippen molar-refractivity contribution >= 4 is 34.1 Å². The fourth-order valence-corrected chi connectivity index (χ4v) is 2.32. The van der Waals surface area contributed by atoms with E-state index in [-0.39, 0.29) is 12.3 Å². The average Bonchev–Trinajstić information content (AvgIpc) is 2.88. The summed E-state index contributed by atoms with van der Waals surface area (Å²) in [7, 11) is 0. The third kappa shape index (κ3) is 2.65. The first-order valence-corrected chi connectivity index (χ1v) is 6.56. The molecule has 0 aliphatic heterocycles. The van der Waals surface area contributed by atoms with Gasteiger partial charge in [0, 0.05) is 10.4 Å². The summed E-state index contributed by atoms with van der Waals surface area (Å²) in [5.41, 5.74) is 2.53. The van der Waals surface area contributed by atoms with E-state index in [0.29, 0.717) is 5.02 Å². The summed E-state index contributed by atoms with van der Waals surface area (Å²) in [5, 5.41) is 11.3. The van der Waals surface area contributed by atoms with Crippen LogP contribution in [0.1, 0.15) is 5.56 Å². The predicted molar refractivity (Wildman–Crippen MR) is 79.9 cm³/mol. The third-order valence-electron chi connectivity index (χ3n) is 3.01. The number of amides is 1. The first kappa shape index (κ1) is 12.7. The standard InChI is InChI=1S/C15H12ClN3O/c16-11-4-1-3-10(7-11)8-15(20)18-13-5-2-6-14-12(13)9-17-19-14/h1-7,9H,8H2,(H,17,19)(H,18,20). The minimum absolute atomic E-state index is 0.0824. The number of carbonyl (C=O) groups excluding carboxylic acids is 1. The molecule has 3 rings (SSSR count). The summed E-state index contributed by atoms with van der Waals surface area (Å²) in [6, 6.07) is 12.9. The highest BCUT2D eigenvalue weighted by Gasteiger charge is 2.08. The number of aromatic nitrogens is 2. The highest BCUT2D eigenvalue weighted by molar-refractivity contribution is 6.30. The van der Waals surface area contributed by atoms with Crippen molar-refractivity contribution in [1.82, 2.24) is 10.2 Å². The molecule has 0 atom stereocenters. The molecule has 0 spiro atoms. The Bertz CT molecular complexity index is 766. The maximum Gasteiger partial charge on any atom is 0.228 e. The van der Waals surface area contributed by atoms with Gasteiger partial charge in [0.2, 0.25) is 5.91 Å². The van der Waals surface area contributed by atoms with Crippen LogP contribution in [0.25, 0.3) is 10.9 Å². The smallest absolute Gasteiger partial charge is 0.228 e. The van der Waals surface area contributed by atoms with Crippen LogP contribution in [0.2, 0.25) is 5.02 Å². The van der Waals surface area contributed by atoms with Gasteiger partial charge in [-0.05, 0) is 29.8 Å². The Kier molecular flexibility index (Phi) is 3.39. The molecule has 0 unspecified atom stereocenters. The number of hydrogen-bond acceptors (Lipinski definition) is 2. The molecule has 2 aromatic carbocycles. The van der Waals surface area contributed by atoms with E-state index >= 15 is 0 Å². The number of carbonyl (C=O) groups is 1. The fourth-order valence-electron chi connectivity index (χ4n) is 2.10. The van der Waals surface area contributed by atoms with Crippen molar-refractivity contribution in [2.75, 3.05) is 5.32 Å². The number of H-pyrrole nitrogens is 1. The lowest BCUT2D eigenvalue weighted by molar-refractivity contribution is -0.115. The number of anilines is 1. The second-order valence-corrected chi connectivity index (χ2v) is 4.93. The topological polar surface area (TPSA) is 57.8 Å².